The van der Waals surface area contributed by atoms with Crippen LogP contribution >= 0.6 is 0 Å². The van der Waals surface area contributed by atoms with Gasteiger partial charge in [0, 0.05) is 29.9 Å². The molecule has 0 spiro atoms. The van der Waals surface area contributed by atoms with Crippen LogP contribution in [0.3, 0.4) is 0 Å². The van der Waals surface area contributed by atoms with Crippen molar-refractivity contribution in [1.82, 2.24) is 14.7 Å². The number of methoxy groups -OCH3 is 2. The van der Waals surface area contributed by atoms with E-state index in [-0.39, 0.29) is 6.54 Å². The average Bonchev–Trinajstić information content (AvgIpc) is 2.72. The molecule has 0 fully saturated rings. The van der Waals surface area contributed by atoms with Crippen LogP contribution in [-0.4, -0.2) is 38.9 Å². The molecule has 0 atom stereocenters. The van der Waals surface area contributed by atoms with E-state index in [4.69, 9.17) is 9.47 Å². The minimum Gasteiger partial charge on any atom is -0.497 e. The molecule has 152 valence electrons. The van der Waals surface area contributed by atoms with Gasteiger partial charge in [-0.2, -0.15) is 0 Å². The Morgan fingerprint density at radius 2 is 1.83 bits per heavy atom. The van der Waals surface area contributed by atoms with Crippen LogP contribution in [0.15, 0.2) is 54.9 Å². The topological polar surface area (TPSA) is 102 Å². The third-order valence-corrected chi connectivity index (χ3v) is 4.76. The molecule has 0 aliphatic carbocycles. The maximum atomic E-state index is 11.3. The minimum atomic E-state index is -3.25. The maximum Gasteiger partial charge on any atom is 0.209 e. The molecule has 0 radical (unpaired) electrons. The summed E-state index contributed by atoms with van der Waals surface area (Å²) in [7, 11) is -0.0640. The zero-order valence-corrected chi connectivity index (χ0v) is 17.2. The van der Waals surface area contributed by atoms with Crippen LogP contribution in [0.1, 0.15) is 5.56 Å². The van der Waals surface area contributed by atoms with Gasteiger partial charge in [0.1, 0.15) is 23.6 Å². The van der Waals surface area contributed by atoms with Crippen molar-refractivity contribution < 1.29 is 17.9 Å². The summed E-state index contributed by atoms with van der Waals surface area (Å²) in [6.45, 7) is 0.215. The predicted molar refractivity (Wildman–Crippen MR) is 112 cm³/mol. The lowest BCUT2D eigenvalue weighted by Crippen LogP contribution is -2.21. The smallest absolute Gasteiger partial charge is 0.209 e. The first-order valence-electron chi connectivity index (χ1n) is 8.73. The van der Waals surface area contributed by atoms with Crippen molar-refractivity contribution in [2.45, 2.75) is 6.54 Å². The fourth-order valence-corrected chi connectivity index (χ4v) is 3.13. The molecular formula is C20H22N4O4S. The molecule has 29 heavy (non-hydrogen) atoms. The summed E-state index contributed by atoms with van der Waals surface area (Å²) in [6, 6.07) is 14.7. The Morgan fingerprint density at radius 1 is 1.00 bits per heavy atom. The highest BCUT2D eigenvalue weighted by Crippen LogP contribution is 2.33. The number of nitrogens with zero attached hydrogens (tertiary/aromatic N) is 2. The summed E-state index contributed by atoms with van der Waals surface area (Å²) < 4.78 is 35.7. The molecule has 0 saturated heterocycles. The lowest BCUT2D eigenvalue weighted by Gasteiger charge is -2.12. The number of ether oxygens (including phenoxy) is 2. The molecule has 0 aliphatic rings. The highest BCUT2D eigenvalue weighted by atomic mass is 32.2. The fourth-order valence-electron chi connectivity index (χ4n) is 2.70. The molecule has 8 nitrogen and oxygen atoms in total. The van der Waals surface area contributed by atoms with Crippen molar-refractivity contribution in [2.75, 3.05) is 25.8 Å². The molecular weight excluding hydrogens is 392 g/mol. The number of rotatable bonds is 8. The van der Waals surface area contributed by atoms with Gasteiger partial charge >= 0.3 is 0 Å². The first-order valence-corrected chi connectivity index (χ1v) is 10.6. The Balaban J connectivity index is 1.82. The van der Waals surface area contributed by atoms with Crippen LogP contribution in [0.2, 0.25) is 0 Å². The zero-order valence-electron chi connectivity index (χ0n) is 16.3. The molecule has 3 aromatic rings. The summed E-state index contributed by atoms with van der Waals surface area (Å²) in [4.78, 5) is 8.61. The Labute approximate surface area is 170 Å². The molecule has 0 aliphatic heterocycles. The van der Waals surface area contributed by atoms with Gasteiger partial charge in [-0.05, 0) is 29.8 Å². The van der Waals surface area contributed by atoms with Crippen LogP contribution in [0.25, 0.3) is 11.3 Å². The second-order valence-corrected chi connectivity index (χ2v) is 8.11. The minimum absolute atomic E-state index is 0.215. The predicted octanol–water partition coefficient (Wildman–Crippen LogP) is 2.95. The maximum absolute atomic E-state index is 11.3. The number of benzene rings is 2. The van der Waals surface area contributed by atoms with Crippen LogP contribution in [-0.2, 0) is 16.6 Å². The van der Waals surface area contributed by atoms with E-state index in [2.05, 4.69) is 20.0 Å². The standard InChI is InChI=1S/C20H22N4O4S/c1-27-16-7-8-17(19(10-16)28-2)18-11-20(22-13-21-18)24-15-6-4-5-14(9-15)12-23-29(3,25)26/h4-11,13,23H,12H2,1-3H3,(H,21,22,24). The quantitative estimate of drug-likeness (QED) is 0.584. The van der Waals surface area contributed by atoms with E-state index in [0.29, 0.717) is 23.0 Å². The van der Waals surface area contributed by atoms with Gasteiger partial charge in [-0.1, -0.05) is 12.1 Å². The van der Waals surface area contributed by atoms with Crippen molar-refractivity contribution in [1.29, 1.82) is 0 Å². The molecule has 0 saturated carbocycles. The first kappa shape index (κ1) is 20.6. The normalized spacial score (nSPS) is 11.1. The largest absolute Gasteiger partial charge is 0.497 e. The number of sulfonamides is 1. The lowest BCUT2D eigenvalue weighted by atomic mass is 10.1. The first-order chi connectivity index (χ1) is 13.9. The molecule has 9 heteroatoms. The Hall–Kier alpha value is -3.17. The van der Waals surface area contributed by atoms with Crippen molar-refractivity contribution in [2.24, 2.45) is 0 Å². The summed E-state index contributed by atoms with van der Waals surface area (Å²) in [5, 5.41) is 3.22. The van der Waals surface area contributed by atoms with E-state index in [0.717, 1.165) is 23.1 Å². The fraction of sp³-hybridized carbons (Fsp3) is 0.200. The highest BCUT2D eigenvalue weighted by molar-refractivity contribution is 7.88. The van der Waals surface area contributed by atoms with Crippen LogP contribution in [0, 0.1) is 0 Å². The van der Waals surface area contributed by atoms with Crippen LogP contribution in [0.4, 0.5) is 11.5 Å². The van der Waals surface area contributed by atoms with Crippen molar-refractivity contribution >= 4 is 21.5 Å². The molecule has 1 aromatic heterocycles. The second kappa shape index (κ2) is 8.89. The number of hydrogen-bond donors (Lipinski definition) is 2. The number of hydrogen-bond acceptors (Lipinski definition) is 7. The highest BCUT2D eigenvalue weighted by Gasteiger charge is 2.10. The third kappa shape index (κ3) is 5.66. The monoisotopic (exact) mass is 414 g/mol. The summed E-state index contributed by atoms with van der Waals surface area (Å²) in [5.41, 5.74) is 3.11. The number of anilines is 2. The Bertz CT molecular complexity index is 1100. The van der Waals surface area contributed by atoms with Crippen LogP contribution < -0.4 is 19.5 Å². The van der Waals surface area contributed by atoms with Gasteiger partial charge in [-0.3, -0.25) is 0 Å². The summed E-state index contributed by atoms with van der Waals surface area (Å²) >= 11 is 0. The Kier molecular flexibility index (Phi) is 6.30. The molecule has 3 rings (SSSR count). The summed E-state index contributed by atoms with van der Waals surface area (Å²) in [6.07, 6.45) is 2.60. The average molecular weight is 414 g/mol. The van der Waals surface area contributed by atoms with Gasteiger partial charge in [-0.15, -0.1) is 0 Å². The molecule has 0 unspecified atom stereocenters. The lowest BCUT2D eigenvalue weighted by molar-refractivity contribution is 0.395. The second-order valence-electron chi connectivity index (χ2n) is 6.27. The molecule has 0 amide bonds. The Morgan fingerprint density at radius 3 is 2.55 bits per heavy atom. The van der Waals surface area contributed by atoms with Gasteiger partial charge in [0.25, 0.3) is 0 Å². The van der Waals surface area contributed by atoms with Gasteiger partial charge < -0.3 is 14.8 Å². The van der Waals surface area contributed by atoms with Gasteiger partial charge in [0.05, 0.1) is 26.2 Å². The van der Waals surface area contributed by atoms with E-state index >= 15 is 0 Å². The molecule has 0 bridgehead atoms. The SMILES string of the molecule is COc1ccc(-c2cc(Nc3cccc(CNS(C)(=O)=O)c3)ncn2)c(OC)c1. The number of nitrogens with one attached hydrogen (secondary N) is 2. The van der Waals surface area contributed by atoms with Crippen molar-refractivity contribution in [3.8, 4) is 22.8 Å². The molecule has 2 N–H and O–H groups in total. The number of aromatic nitrogens is 2. The van der Waals surface area contributed by atoms with E-state index in [1.54, 1.807) is 20.3 Å². The van der Waals surface area contributed by atoms with E-state index in [1.165, 1.54) is 6.33 Å². The molecule has 2 aromatic carbocycles. The summed E-state index contributed by atoms with van der Waals surface area (Å²) in [5.74, 6) is 1.93. The third-order valence-electron chi connectivity index (χ3n) is 4.09. The van der Waals surface area contributed by atoms with Gasteiger partial charge in [0.15, 0.2) is 0 Å². The zero-order chi connectivity index (χ0) is 20.9. The molecule has 1 heterocycles. The van der Waals surface area contributed by atoms with Crippen molar-refractivity contribution in [3.63, 3.8) is 0 Å². The van der Waals surface area contributed by atoms with E-state index in [9.17, 15) is 8.42 Å². The van der Waals surface area contributed by atoms with Crippen molar-refractivity contribution in [3.05, 3.63) is 60.4 Å². The van der Waals surface area contributed by atoms with Gasteiger partial charge in [-0.25, -0.2) is 23.1 Å². The van der Waals surface area contributed by atoms with E-state index in [1.807, 2.05) is 42.5 Å². The van der Waals surface area contributed by atoms with Gasteiger partial charge in [0.2, 0.25) is 10.0 Å². The van der Waals surface area contributed by atoms with Crippen LogP contribution in [0.5, 0.6) is 11.5 Å². The van der Waals surface area contributed by atoms with E-state index < -0.39 is 10.0 Å².